The van der Waals surface area contributed by atoms with Gasteiger partial charge in [0.1, 0.15) is 6.54 Å². The number of benzene rings is 3. The predicted octanol–water partition coefficient (Wildman–Crippen LogP) is 4.90. The van der Waals surface area contributed by atoms with Crippen molar-refractivity contribution in [2.45, 2.75) is 39.0 Å². The molecule has 0 spiro atoms. The van der Waals surface area contributed by atoms with E-state index < -0.39 is 15.9 Å². The van der Waals surface area contributed by atoms with Crippen LogP contribution < -0.4 is 10.0 Å². The number of amides is 2. The molecule has 0 saturated heterocycles. The number of para-hydroxylation sites is 1. The van der Waals surface area contributed by atoms with Crippen LogP contribution in [-0.4, -0.2) is 38.2 Å². The first kappa shape index (κ1) is 26.0. The summed E-state index contributed by atoms with van der Waals surface area (Å²) in [5, 5.41) is 2.85. The molecule has 0 saturated carbocycles. The standard InChI is InChI=1S/C27H31N3O4S/c1-5-15-30(18-26(31)28-25-12-7-6-10-21(25)4)27(32)24-17-23(14-13-20(24)3)35(33,34)29-22-11-8-9-19(2)16-22/h6-14,16-17,29H,5,15,18H2,1-4H3,(H,28,31). The van der Waals surface area contributed by atoms with E-state index >= 15 is 0 Å². The second-order valence-corrected chi connectivity index (χ2v) is 10.2. The number of rotatable bonds is 9. The third-order valence-corrected chi connectivity index (χ3v) is 6.93. The summed E-state index contributed by atoms with van der Waals surface area (Å²) >= 11 is 0. The normalized spacial score (nSPS) is 11.1. The number of hydrogen-bond donors (Lipinski definition) is 2. The van der Waals surface area contributed by atoms with E-state index in [1.165, 1.54) is 17.0 Å². The molecule has 0 bridgehead atoms. The summed E-state index contributed by atoms with van der Waals surface area (Å²) in [6, 6.07) is 18.9. The monoisotopic (exact) mass is 493 g/mol. The summed E-state index contributed by atoms with van der Waals surface area (Å²) in [5.74, 6) is -0.708. The molecule has 0 aliphatic heterocycles. The van der Waals surface area contributed by atoms with Gasteiger partial charge < -0.3 is 10.2 Å². The van der Waals surface area contributed by atoms with Crippen molar-refractivity contribution in [3.8, 4) is 0 Å². The molecular weight excluding hydrogens is 462 g/mol. The molecule has 0 atom stereocenters. The molecule has 2 N–H and O–H groups in total. The third-order valence-electron chi connectivity index (χ3n) is 5.55. The summed E-state index contributed by atoms with van der Waals surface area (Å²) in [7, 11) is -3.91. The average Bonchev–Trinajstić information content (AvgIpc) is 2.80. The Bertz CT molecular complexity index is 1340. The van der Waals surface area contributed by atoms with Crippen LogP contribution in [0, 0.1) is 20.8 Å². The topological polar surface area (TPSA) is 95.6 Å². The summed E-state index contributed by atoms with van der Waals surface area (Å²) in [6.07, 6.45) is 0.648. The summed E-state index contributed by atoms with van der Waals surface area (Å²) < 4.78 is 28.6. The van der Waals surface area contributed by atoms with E-state index in [4.69, 9.17) is 0 Å². The first-order chi connectivity index (χ1) is 16.6. The van der Waals surface area contributed by atoms with Crippen molar-refractivity contribution < 1.29 is 18.0 Å². The lowest BCUT2D eigenvalue weighted by Crippen LogP contribution is -2.39. The summed E-state index contributed by atoms with van der Waals surface area (Å²) in [6.45, 7) is 7.65. The first-order valence-electron chi connectivity index (χ1n) is 11.5. The molecule has 0 unspecified atom stereocenters. The molecule has 0 fully saturated rings. The Kier molecular flexibility index (Phi) is 8.30. The molecule has 7 nitrogen and oxygen atoms in total. The van der Waals surface area contributed by atoms with Crippen LogP contribution in [0.25, 0.3) is 0 Å². The fourth-order valence-corrected chi connectivity index (χ4v) is 4.77. The predicted molar refractivity (Wildman–Crippen MR) is 139 cm³/mol. The van der Waals surface area contributed by atoms with E-state index in [2.05, 4.69) is 10.0 Å². The minimum Gasteiger partial charge on any atom is -0.329 e. The maximum Gasteiger partial charge on any atom is 0.261 e. The minimum atomic E-state index is -3.91. The van der Waals surface area contributed by atoms with E-state index in [-0.39, 0.29) is 22.9 Å². The largest absolute Gasteiger partial charge is 0.329 e. The van der Waals surface area contributed by atoms with Gasteiger partial charge in [0, 0.05) is 23.5 Å². The molecule has 35 heavy (non-hydrogen) atoms. The van der Waals surface area contributed by atoms with Crippen LogP contribution in [0.3, 0.4) is 0 Å². The maximum absolute atomic E-state index is 13.4. The van der Waals surface area contributed by atoms with Crippen molar-refractivity contribution in [3.63, 3.8) is 0 Å². The number of carbonyl (C=O) groups is 2. The molecule has 8 heteroatoms. The quantitative estimate of drug-likeness (QED) is 0.443. The van der Waals surface area contributed by atoms with Crippen LogP contribution in [0.4, 0.5) is 11.4 Å². The molecule has 2 amide bonds. The number of nitrogens with one attached hydrogen (secondary N) is 2. The fourth-order valence-electron chi connectivity index (χ4n) is 3.69. The molecule has 3 rings (SSSR count). The smallest absolute Gasteiger partial charge is 0.261 e. The molecule has 3 aromatic carbocycles. The second-order valence-electron chi connectivity index (χ2n) is 8.54. The number of nitrogens with zero attached hydrogens (tertiary/aromatic N) is 1. The third kappa shape index (κ3) is 6.70. The summed E-state index contributed by atoms with van der Waals surface area (Å²) in [4.78, 5) is 27.6. The van der Waals surface area contributed by atoms with Gasteiger partial charge in [0.2, 0.25) is 5.91 Å². The number of anilines is 2. The van der Waals surface area contributed by atoms with Gasteiger partial charge in [-0.25, -0.2) is 8.42 Å². The molecule has 3 aromatic rings. The molecular formula is C27H31N3O4S. The van der Waals surface area contributed by atoms with Gasteiger partial charge in [-0.05, 0) is 74.2 Å². The molecule has 0 heterocycles. The Morgan fingerprint density at radius 3 is 2.31 bits per heavy atom. The Hall–Kier alpha value is -3.65. The van der Waals surface area contributed by atoms with Gasteiger partial charge in [-0.3, -0.25) is 14.3 Å². The van der Waals surface area contributed by atoms with Crippen LogP contribution in [0.5, 0.6) is 0 Å². The van der Waals surface area contributed by atoms with Crippen molar-refractivity contribution in [1.29, 1.82) is 0 Å². The number of aryl methyl sites for hydroxylation is 3. The Labute approximate surface area is 207 Å². The second kappa shape index (κ2) is 11.2. The Balaban J connectivity index is 1.83. The van der Waals surface area contributed by atoms with Crippen LogP contribution in [0.2, 0.25) is 0 Å². The van der Waals surface area contributed by atoms with E-state index in [1.807, 2.05) is 45.0 Å². The van der Waals surface area contributed by atoms with Crippen LogP contribution in [0.1, 0.15) is 40.4 Å². The van der Waals surface area contributed by atoms with Gasteiger partial charge in [0.15, 0.2) is 0 Å². The number of sulfonamides is 1. The minimum absolute atomic E-state index is 0.0197. The molecule has 0 aliphatic carbocycles. The number of hydrogen-bond acceptors (Lipinski definition) is 4. The van der Waals surface area contributed by atoms with Gasteiger partial charge >= 0.3 is 0 Å². The molecule has 184 valence electrons. The van der Waals surface area contributed by atoms with Crippen molar-refractivity contribution in [2.24, 2.45) is 0 Å². The lowest BCUT2D eigenvalue weighted by molar-refractivity contribution is -0.116. The Morgan fingerprint density at radius 2 is 1.63 bits per heavy atom. The SMILES string of the molecule is CCCN(CC(=O)Nc1ccccc1C)C(=O)c1cc(S(=O)(=O)Nc2cccc(C)c2)ccc1C. The molecule has 0 radical (unpaired) electrons. The maximum atomic E-state index is 13.4. The van der Waals surface area contributed by atoms with Crippen LogP contribution >= 0.6 is 0 Å². The molecule has 0 aliphatic rings. The fraction of sp³-hybridized carbons (Fsp3) is 0.259. The lowest BCUT2D eigenvalue weighted by atomic mass is 10.1. The lowest BCUT2D eigenvalue weighted by Gasteiger charge is -2.23. The molecule has 0 aromatic heterocycles. The highest BCUT2D eigenvalue weighted by Crippen LogP contribution is 2.21. The van der Waals surface area contributed by atoms with Crippen LogP contribution in [0.15, 0.2) is 71.6 Å². The van der Waals surface area contributed by atoms with Gasteiger partial charge in [-0.2, -0.15) is 0 Å². The van der Waals surface area contributed by atoms with E-state index in [0.29, 0.717) is 29.9 Å². The van der Waals surface area contributed by atoms with Gasteiger partial charge in [-0.1, -0.05) is 43.3 Å². The number of carbonyl (C=O) groups excluding carboxylic acids is 2. The van der Waals surface area contributed by atoms with Gasteiger partial charge in [-0.15, -0.1) is 0 Å². The highest BCUT2D eigenvalue weighted by molar-refractivity contribution is 7.92. The van der Waals surface area contributed by atoms with E-state index in [0.717, 1.165) is 11.1 Å². The van der Waals surface area contributed by atoms with Crippen molar-refractivity contribution in [1.82, 2.24) is 4.90 Å². The zero-order valence-corrected chi connectivity index (χ0v) is 21.3. The van der Waals surface area contributed by atoms with Crippen LogP contribution in [-0.2, 0) is 14.8 Å². The van der Waals surface area contributed by atoms with Crippen molar-refractivity contribution >= 4 is 33.2 Å². The van der Waals surface area contributed by atoms with Crippen molar-refractivity contribution in [3.05, 3.63) is 89.0 Å². The first-order valence-corrected chi connectivity index (χ1v) is 12.9. The highest BCUT2D eigenvalue weighted by Gasteiger charge is 2.23. The van der Waals surface area contributed by atoms with E-state index in [1.54, 1.807) is 37.3 Å². The van der Waals surface area contributed by atoms with Crippen molar-refractivity contribution in [2.75, 3.05) is 23.1 Å². The zero-order valence-electron chi connectivity index (χ0n) is 20.5. The average molecular weight is 494 g/mol. The van der Waals surface area contributed by atoms with Gasteiger partial charge in [0.25, 0.3) is 15.9 Å². The van der Waals surface area contributed by atoms with E-state index in [9.17, 15) is 18.0 Å². The summed E-state index contributed by atoms with van der Waals surface area (Å²) in [5.41, 5.74) is 3.85. The zero-order chi connectivity index (χ0) is 25.6. The van der Waals surface area contributed by atoms with Gasteiger partial charge in [0.05, 0.1) is 4.90 Å². The highest BCUT2D eigenvalue weighted by atomic mass is 32.2. The Morgan fingerprint density at radius 1 is 0.886 bits per heavy atom.